The van der Waals surface area contributed by atoms with E-state index in [9.17, 15) is 0 Å². The van der Waals surface area contributed by atoms with Gasteiger partial charge in [-0.05, 0) is 7.05 Å². The van der Waals surface area contributed by atoms with Gasteiger partial charge in [-0.2, -0.15) is 0 Å². The van der Waals surface area contributed by atoms with E-state index in [1.165, 1.54) is 11.9 Å². The minimum absolute atomic E-state index is 0.902. The molecule has 0 radical (unpaired) electrons. The summed E-state index contributed by atoms with van der Waals surface area (Å²) in [6.07, 6.45) is 2.49. The van der Waals surface area contributed by atoms with Crippen LogP contribution in [0.3, 0.4) is 0 Å². The van der Waals surface area contributed by atoms with Crippen LogP contribution in [0.15, 0.2) is 11.3 Å². The fraction of sp³-hybridized carbons (Fsp3) is 0.625. The summed E-state index contributed by atoms with van der Waals surface area (Å²) in [5.41, 5.74) is 2.33. The SMILES string of the molecule is CNC1=C(C=N)CN(C)CC1. The standard InChI is InChI=1S/C8H15N3/c1-10-8-3-4-11(2)6-7(8)5-9/h5,9-10H,3-4,6H2,1-2H3. The fourth-order valence-electron chi connectivity index (χ4n) is 1.35. The molecule has 3 nitrogen and oxygen atoms in total. The van der Waals surface area contributed by atoms with Crippen molar-refractivity contribution >= 4 is 6.21 Å². The Morgan fingerprint density at radius 3 is 2.91 bits per heavy atom. The monoisotopic (exact) mass is 153 g/mol. The Balaban J connectivity index is 2.74. The van der Waals surface area contributed by atoms with Gasteiger partial charge in [0.05, 0.1) is 0 Å². The first-order valence-electron chi connectivity index (χ1n) is 3.86. The average molecular weight is 153 g/mol. The summed E-state index contributed by atoms with van der Waals surface area (Å²) in [6.45, 7) is 1.99. The molecule has 0 spiro atoms. The van der Waals surface area contributed by atoms with Crippen LogP contribution in [0.4, 0.5) is 0 Å². The minimum atomic E-state index is 0.902. The van der Waals surface area contributed by atoms with Crippen LogP contribution in [0.5, 0.6) is 0 Å². The number of hydrogen-bond donors (Lipinski definition) is 2. The van der Waals surface area contributed by atoms with Crippen molar-refractivity contribution < 1.29 is 0 Å². The van der Waals surface area contributed by atoms with Crippen molar-refractivity contribution in [2.75, 3.05) is 27.2 Å². The first kappa shape index (κ1) is 8.27. The molecule has 0 unspecified atom stereocenters. The lowest BCUT2D eigenvalue weighted by molar-refractivity contribution is 0.349. The fourth-order valence-corrected chi connectivity index (χ4v) is 1.35. The molecule has 0 fully saturated rings. The van der Waals surface area contributed by atoms with Gasteiger partial charge in [0, 0.05) is 44.0 Å². The highest BCUT2D eigenvalue weighted by Crippen LogP contribution is 2.11. The van der Waals surface area contributed by atoms with Gasteiger partial charge in [-0.3, -0.25) is 0 Å². The molecule has 11 heavy (non-hydrogen) atoms. The second-order valence-corrected chi connectivity index (χ2v) is 2.89. The summed E-state index contributed by atoms with van der Waals surface area (Å²) < 4.78 is 0. The number of likely N-dealkylation sites (N-methyl/N-ethyl adjacent to an activating group) is 1. The van der Waals surface area contributed by atoms with Gasteiger partial charge < -0.3 is 15.6 Å². The van der Waals surface area contributed by atoms with Gasteiger partial charge in [0.25, 0.3) is 0 Å². The molecule has 62 valence electrons. The van der Waals surface area contributed by atoms with Crippen molar-refractivity contribution in [3.05, 3.63) is 11.3 Å². The molecule has 0 saturated heterocycles. The van der Waals surface area contributed by atoms with Crippen LogP contribution in [0.1, 0.15) is 6.42 Å². The van der Waals surface area contributed by atoms with Crippen molar-refractivity contribution in [2.24, 2.45) is 0 Å². The number of nitrogens with zero attached hydrogens (tertiary/aromatic N) is 1. The summed E-state index contributed by atoms with van der Waals surface area (Å²) >= 11 is 0. The molecule has 0 saturated carbocycles. The second kappa shape index (κ2) is 3.53. The Labute approximate surface area is 67.6 Å². The predicted molar refractivity (Wildman–Crippen MR) is 47.0 cm³/mol. The molecular weight excluding hydrogens is 138 g/mol. The van der Waals surface area contributed by atoms with E-state index >= 15 is 0 Å². The Morgan fingerprint density at radius 2 is 2.36 bits per heavy atom. The molecule has 0 bridgehead atoms. The van der Waals surface area contributed by atoms with Crippen LogP contribution >= 0.6 is 0 Å². The third-order valence-electron chi connectivity index (χ3n) is 2.05. The zero-order chi connectivity index (χ0) is 8.27. The van der Waals surface area contributed by atoms with Crippen molar-refractivity contribution in [1.82, 2.24) is 10.2 Å². The third-order valence-corrected chi connectivity index (χ3v) is 2.05. The van der Waals surface area contributed by atoms with Gasteiger partial charge in [-0.1, -0.05) is 0 Å². The molecule has 0 atom stereocenters. The van der Waals surface area contributed by atoms with Crippen LogP contribution in [0.2, 0.25) is 0 Å². The molecule has 0 aromatic carbocycles. The topological polar surface area (TPSA) is 39.1 Å². The van der Waals surface area contributed by atoms with E-state index < -0.39 is 0 Å². The maximum atomic E-state index is 7.17. The lowest BCUT2D eigenvalue weighted by Crippen LogP contribution is -2.31. The first-order chi connectivity index (χ1) is 5.27. The molecule has 2 N–H and O–H groups in total. The van der Waals surface area contributed by atoms with E-state index in [0.29, 0.717) is 0 Å². The van der Waals surface area contributed by atoms with Crippen molar-refractivity contribution in [1.29, 1.82) is 5.41 Å². The van der Waals surface area contributed by atoms with Crippen LogP contribution < -0.4 is 5.32 Å². The molecule has 3 heteroatoms. The van der Waals surface area contributed by atoms with Gasteiger partial charge in [0.1, 0.15) is 0 Å². The molecule has 0 aliphatic carbocycles. The van der Waals surface area contributed by atoms with Gasteiger partial charge in [-0.15, -0.1) is 0 Å². The lowest BCUT2D eigenvalue weighted by atomic mass is 10.1. The van der Waals surface area contributed by atoms with Crippen molar-refractivity contribution in [3.63, 3.8) is 0 Å². The summed E-state index contributed by atoms with van der Waals surface area (Å²) in [5.74, 6) is 0. The highest BCUT2D eigenvalue weighted by atomic mass is 15.1. The number of rotatable bonds is 2. The zero-order valence-electron chi connectivity index (χ0n) is 7.15. The Kier molecular flexibility index (Phi) is 2.65. The molecule has 1 aliphatic rings. The van der Waals surface area contributed by atoms with E-state index in [-0.39, 0.29) is 0 Å². The average Bonchev–Trinajstić information content (AvgIpc) is 2.04. The van der Waals surface area contributed by atoms with Crippen LogP contribution in [-0.4, -0.2) is 38.3 Å². The summed E-state index contributed by atoms with van der Waals surface area (Å²) in [7, 11) is 4.00. The van der Waals surface area contributed by atoms with E-state index in [2.05, 4.69) is 17.3 Å². The summed E-state index contributed by atoms with van der Waals surface area (Å²) in [5, 5.41) is 10.3. The molecule has 1 heterocycles. The largest absolute Gasteiger partial charge is 0.391 e. The van der Waals surface area contributed by atoms with Crippen LogP contribution in [0, 0.1) is 5.41 Å². The van der Waals surface area contributed by atoms with Gasteiger partial charge in [-0.25, -0.2) is 0 Å². The second-order valence-electron chi connectivity index (χ2n) is 2.89. The van der Waals surface area contributed by atoms with E-state index in [1.54, 1.807) is 0 Å². The highest BCUT2D eigenvalue weighted by molar-refractivity contribution is 5.77. The molecule has 1 rings (SSSR count). The smallest absolute Gasteiger partial charge is 0.0263 e. The maximum absolute atomic E-state index is 7.17. The van der Waals surface area contributed by atoms with Crippen molar-refractivity contribution in [2.45, 2.75) is 6.42 Å². The van der Waals surface area contributed by atoms with Gasteiger partial charge in [0.15, 0.2) is 0 Å². The highest BCUT2D eigenvalue weighted by Gasteiger charge is 2.12. The third kappa shape index (κ3) is 1.80. The Bertz CT molecular complexity index is 184. The molecular formula is C8H15N3. The Hall–Kier alpha value is -0.830. The number of hydrogen-bond acceptors (Lipinski definition) is 3. The maximum Gasteiger partial charge on any atom is 0.0263 e. The minimum Gasteiger partial charge on any atom is -0.391 e. The molecule has 1 aliphatic heterocycles. The molecule has 0 aromatic heterocycles. The summed E-state index contributed by atoms with van der Waals surface area (Å²) in [6, 6.07) is 0. The normalized spacial score (nSPS) is 20.2. The molecule has 0 aromatic rings. The van der Waals surface area contributed by atoms with Crippen LogP contribution in [-0.2, 0) is 0 Å². The van der Waals surface area contributed by atoms with E-state index in [4.69, 9.17) is 5.41 Å². The number of nitrogens with one attached hydrogen (secondary N) is 2. The van der Waals surface area contributed by atoms with E-state index in [0.717, 1.165) is 25.1 Å². The lowest BCUT2D eigenvalue weighted by Gasteiger charge is -2.25. The Morgan fingerprint density at radius 1 is 1.64 bits per heavy atom. The van der Waals surface area contributed by atoms with Gasteiger partial charge >= 0.3 is 0 Å². The van der Waals surface area contributed by atoms with Gasteiger partial charge in [0.2, 0.25) is 0 Å². The van der Waals surface area contributed by atoms with Crippen molar-refractivity contribution in [3.8, 4) is 0 Å². The zero-order valence-corrected chi connectivity index (χ0v) is 7.15. The summed E-state index contributed by atoms with van der Waals surface area (Å²) in [4.78, 5) is 2.22. The van der Waals surface area contributed by atoms with E-state index in [1.807, 2.05) is 7.05 Å². The first-order valence-corrected chi connectivity index (χ1v) is 3.86. The molecule has 0 amide bonds. The van der Waals surface area contributed by atoms with Crippen LogP contribution in [0.25, 0.3) is 0 Å². The quantitative estimate of drug-likeness (QED) is 0.565. The predicted octanol–water partition coefficient (Wildman–Crippen LogP) is 0.445.